The van der Waals surface area contributed by atoms with E-state index in [1.54, 1.807) is 0 Å². The van der Waals surface area contributed by atoms with Crippen molar-refractivity contribution < 1.29 is 0 Å². The molecule has 0 amide bonds. The van der Waals surface area contributed by atoms with Crippen molar-refractivity contribution in [2.45, 2.75) is 39.2 Å². The second kappa shape index (κ2) is 6.84. The SMILES string of the molecule is Cc1nc(N)nc(N[C@H](C)CCCc2ccccc2)n1. The third kappa shape index (κ3) is 4.50. The monoisotopic (exact) mass is 271 g/mol. The first-order valence-electron chi connectivity index (χ1n) is 6.92. The van der Waals surface area contributed by atoms with E-state index in [0.717, 1.165) is 19.3 Å². The molecular formula is C15H21N5. The van der Waals surface area contributed by atoms with Crippen LogP contribution in [0.15, 0.2) is 30.3 Å². The molecule has 5 nitrogen and oxygen atoms in total. The summed E-state index contributed by atoms with van der Waals surface area (Å²) in [5.74, 6) is 1.45. The van der Waals surface area contributed by atoms with Gasteiger partial charge in [-0.1, -0.05) is 30.3 Å². The highest BCUT2D eigenvalue weighted by atomic mass is 15.2. The first kappa shape index (κ1) is 14.2. The molecule has 0 aliphatic rings. The fourth-order valence-electron chi connectivity index (χ4n) is 2.12. The summed E-state index contributed by atoms with van der Waals surface area (Å²) in [7, 11) is 0. The zero-order valence-electron chi connectivity index (χ0n) is 12.0. The van der Waals surface area contributed by atoms with Gasteiger partial charge < -0.3 is 11.1 Å². The maximum atomic E-state index is 5.61. The Hall–Kier alpha value is -2.17. The summed E-state index contributed by atoms with van der Waals surface area (Å²) in [5, 5.41) is 3.27. The summed E-state index contributed by atoms with van der Waals surface area (Å²) in [4.78, 5) is 12.3. The molecule has 1 atom stereocenters. The van der Waals surface area contributed by atoms with Crippen molar-refractivity contribution in [1.29, 1.82) is 0 Å². The fourth-order valence-corrected chi connectivity index (χ4v) is 2.12. The van der Waals surface area contributed by atoms with Crippen LogP contribution in [0.25, 0.3) is 0 Å². The normalized spacial score (nSPS) is 12.1. The lowest BCUT2D eigenvalue weighted by Crippen LogP contribution is -2.18. The molecule has 1 heterocycles. The predicted molar refractivity (Wildman–Crippen MR) is 81.4 cm³/mol. The van der Waals surface area contributed by atoms with Crippen molar-refractivity contribution >= 4 is 11.9 Å². The van der Waals surface area contributed by atoms with Gasteiger partial charge in [0.25, 0.3) is 0 Å². The van der Waals surface area contributed by atoms with E-state index in [-0.39, 0.29) is 5.95 Å². The van der Waals surface area contributed by atoms with Gasteiger partial charge >= 0.3 is 0 Å². The first-order chi connectivity index (χ1) is 9.63. The molecule has 0 unspecified atom stereocenters. The molecule has 0 aliphatic heterocycles. The number of hydrogen-bond donors (Lipinski definition) is 2. The molecule has 0 bridgehead atoms. The second-order valence-electron chi connectivity index (χ2n) is 4.99. The van der Waals surface area contributed by atoms with Crippen LogP contribution in [0, 0.1) is 6.92 Å². The number of rotatable bonds is 6. The third-order valence-electron chi connectivity index (χ3n) is 3.09. The van der Waals surface area contributed by atoms with Crippen molar-refractivity contribution in [2.24, 2.45) is 0 Å². The van der Waals surface area contributed by atoms with E-state index in [4.69, 9.17) is 5.73 Å². The third-order valence-corrected chi connectivity index (χ3v) is 3.09. The number of anilines is 2. The number of aryl methyl sites for hydroxylation is 2. The Morgan fingerprint density at radius 2 is 1.90 bits per heavy atom. The number of nitrogens with zero attached hydrogens (tertiary/aromatic N) is 3. The first-order valence-corrected chi connectivity index (χ1v) is 6.92. The Morgan fingerprint density at radius 1 is 1.15 bits per heavy atom. The molecule has 2 aromatic rings. The molecule has 0 aliphatic carbocycles. The minimum absolute atomic E-state index is 0.261. The van der Waals surface area contributed by atoms with E-state index in [1.807, 2.05) is 13.0 Å². The lowest BCUT2D eigenvalue weighted by molar-refractivity contribution is 0.650. The largest absolute Gasteiger partial charge is 0.368 e. The molecule has 20 heavy (non-hydrogen) atoms. The minimum Gasteiger partial charge on any atom is -0.368 e. The number of nitrogens with one attached hydrogen (secondary N) is 1. The second-order valence-corrected chi connectivity index (χ2v) is 4.99. The van der Waals surface area contributed by atoms with Gasteiger partial charge in [0.15, 0.2) is 0 Å². The van der Waals surface area contributed by atoms with Crippen molar-refractivity contribution in [2.75, 3.05) is 11.1 Å². The molecule has 5 heteroatoms. The average Bonchev–Trinajstić information content (AvgIpc) is 2.38. The highest BCUT2D eigenvalue weighted by Crippen LogP contribution is 2.10. The van der Waals surface area contributed by atoms with Crippen LogP contribution < -0.4 is 11.1 Å². The van der Waals surface area contributed by atoms with E-state index in [9.17, 15) is 0 Å². The Kier molecular flexibility index (Phi) is 4.87. The van der Waals surface area contributed by atoms with Gasteiger partial charge in [-0.05, 0) is 38.7 Å². The molecule has 0 saturated carbocycles. The molecule has 0 fully saturated rings. The summed E-state index contributed by atoms with van der Waals surface area (Å²) in [6, 6.07) is 10.8. The minimum atomic E-state index is 0.261. The van der Waals surface area contributed by atoms with Crippen LogP contribution in [-0.4, -0.2) is 21.0 Å². The van der Waals surface area contributed by atoms with Gasteiger partial charge in [-0.2, -0.15) is 15.0 Å². The zero-order valence-corrected chi connectivity index (χ0v) is 12.0. The van der Waals surface area contributed by atoms with Gasteiger partial charge in [0.1, 0.15) is 5.82 Å². The number of nitrogens with two attached hydrogens (primary N) is 1. The summed E-state index contributed by atoms with van der Waals surface area (Å²) in [6.07, 6.45) is 3.27. The Morgan fingerprint density at radius 3 is 2.60 bits per heavy atom. The number of nitrogen functional groups attached to an aromatic ring is 1. The fraction of sp³-hybridized carbons (Fsp3) is 0.400. The molecule has 0 radical (unpaired) electrons. The van der Waals surface area contributed by atoms with Gasteiger partial charge in [-0.3, -0.25) is 0 Å². The molecule has 1 aromatic heterocycles. The van der Waals surface area contributed by atoms with E-state index >= 15 is 0 Å². The van der Waals surface area contributed by atoms with E-state index in [2.05, 4.69) is 51.5 Å². The quantitative estimate of drug-likeness (QED) is 0.844. The van der Waals surface area contributed by atoms with Gasteiger partial charge in [0.2, 0.25) is 11.9 Å². The summed E-state index contributed by atoms with van der Waals surface area (Å²) < 4.78 is 0. The smallest absolute Gasteiger partial charge is 0.227 e. The van der Waals surface area contributed by atoms with Crippen molar-refractivity contribution in [3.05, 3.63) is 41.7 Å². The van der Waals surface area contributed by atoms with Crippen LogP contribution in [0.4, 0.5) is 11.9 Å². The van der Waals surface area contributed by atoms with Gasteiger partial charge in [-0.25, -0.2) is 0 Å². The predicted octanol–water partition coefficient (Wildman–Crippen LogP) is 2.59. The van der Waals surface area contributed by atoms with Gasteiger partial charge in [0.05, 0.1) is 0 Å². The number of aromatic nitrogens is 3. The van der Waals surface area contributed by atoms with Crippen LogP contribution >= 0.6 is 0 Å². The van der Waals surface area contributed by atoms with Gasteiger partial charge in [0, 0.05) is 6.04 Å². The standard InChI is InChI=1S/C15H21N5/c1-11(7-6-10-13-8-4-3-5-9-13)17-15-19-12(2)18-14(16)20-15/h3-5,8-9,11H,6-7,10H2,1-2H3,(H3,16,17,18,19,20)/t11-/m1/s1. The summed E-state index contributed by atoms with van der Waals surface area (Å²) >= 11 is 0. The highest BCUT2D eigenvalue weighted by Gasteiger charge is 2.06. The van der Waals surface area contributed by atoms with Crippen LogP contribution in [0.2, 0.25) is 0 Å². The highest BCUT2D eigenvalue weighted by molar-refractivity contribution is 5.31. The van der Waals surface area contributed by atoms with Crippen molar-refractivity contribution in [1.82, 2.24) is 15.0 Å². The Balaban J connectivity index is 1.79. The van der Waals surface area contributed by atoms with Crippen LogP contribution in [-0.2, 0) is 6.42 Å². The average molecular weight is 271 g/mol. The van der Waals surface area contributed by atoms with Crippen molar-refractivity contribution in [3.8, 4) is 0 Å². The van der Waals surface area contributed by atoms with E-state index in [0.29, 0.717) is 17.8 Å². The van der Waals surface area contributed by atoms with Crippen molar-refractivity contribution in [3.63, 3.8) is 0 Å². The molecular weight excluding hydrogens is 250 g/mol. The number of benzene rings is 1. The Labute approximate surface area is 119 Å². The summed E-state index contributed by atoms with van der Waals surface area (Å²) in [6.45, 7) is 3.93. The molecule has 2 rings (SSSR count). The maximum absolute atomic E-state index is 5.61. The summed E-state index contributed by atoms with van der Waals surface area (Å²) in [5.41, 5.74) is 6.98. The molecule has 106 valence electrons. The molecule has 0 spiro atoms. The maximum Gasteiger partial charge on any atom is 0.227 e. The van der Waals surface area contributed by atoms with Crippen LogP contribution in [0.3, 0.4) is 0 Å². The molecule has 0 saturated heterocycles. The number of hydrogen-bond acceptors (Lipinski definition) is 5. The molecule has 1 aromatic carbocycles. The van der Waals surface area contributed by atoms with E-state index < -0.39 is 0 Å². The zero-order chi connectivity index (χ0) is 14.4. The lowest BCUT2D eigenvalue weighted by Gasteiger charge is -2.14. The Bertz CT molecular complexity index is 521. The van der Waals surface area contributed by atoms with E-state index in [1.165, 1.54) is 5.56 Å². The van der Waals surface area contributed by atoms with Crippen LogP contribution in [0.5, 0.6) is 0 Å². The van der Waals surface area contributed by atoms with Crippen LogP contribution in [0.1, 0.15) is 31.2 Å². The molecule has 3 N–H and O–H groups in total. The lowest BCUT2D eigenvalue weighted by atomic mass is 10.1. The van der Waals surface area contributed by atoms with Gasteiger partial charge in [-0.15, -0.1) is 0 Å². The topological polar surface area (TPSA) is 76.7 Å².